The van der Waals surface area contributed by atoms with E-state index in [1.165, 1.54) is 6.26 Å². The number of hydrogen-bond acceptors (Lipinski definition) is 11. The van der Waals surface area contributed by atoms with Crippen molar-refractivity contribution in [3.05, 3.63) is 47.4 Å². The second-order valence-corrected chi connectivity index (χ2v) is 13.9. The lowest BCUT2D eigenvalue weighted by Crippen LogP contribution is -2.42. The van der Waals surface area contributed by atoms with Crippen LogP contribution in [0.15, 0.2) is 30.6 Å². The molecule has 2 saturated carbocycles. The topological polar surface area (TPSA) is 156 Å². The molecule has 6 rings (SSSR count). The second kappa shape index (κ2) is 9.35. The van der Waals surface area contributed by atoms with E-state index in [2.05, 4.69) is 15.3 Å². The highest BCUT2D eigenvalue weighted by atomic mass is 32.2. The van der Waals surface area contributed by atoms with Gasteiger partial charge in [0.2, 0.25) is 5.88 Å². The summed E-state index contributed by atoms with van der Waals surface area (Å²) in [6, 6.07) is 5.36. The van der Waals surface area contributed by atoms with Gasteiger partial charge in [0.05, 0.1) is 39.5 Å². The van der Waals surface area contributed by atoms with E-state index in [4.69, 9.17) is 24.9 Å². The van der Waals surface area contributed by atoms with Crippen molar-refractivity contribution in [2.45, 2.75) is 67.9 Å². The fourth-order valence-electron chi connectivity index (χ4n) is 5.74. The Morgan fingerprint density at radius 2 is 1.93 bits per heavy atom. The Morgan fingerprint density at radius 3 is 2.60 bits per heavy atom. The predicted octanol–water partition coefficient (Wildman–Crippen LogP) is 3.13. The summed E-state index contributed by atoms with van der Waals surface area (Å²) >= 11 is 0. The van der Waals surface area contributed by atoms with Gasteiger partial charge >= 0.3 is 5.97 Å². The average molecular weight is 568 g/mol. The molecule has 1 aliphatic heterocycles. The lowest BCUT2D eigenvalue weighted by Gasteiger charge is -2.34. The highest BCUT2D eigenvalue weighted by Gasteiger charge is 2.56. The molecule has 212 valence electrons. The number of nitrogens with two attached hydrogens (primary N) is 1. The van der Waals surface area contributed by atoms with Crippen LogP contribution in [0.3, 0.4) is 0 Å². The summed E-state index contributed by atoms with van der Waals surface area (Å²) in [4.78, 5) is 26.4. The Morgan fingerprint density at radius 1 is 1.18 bits per heavy atom. The van der Waals surface area contributed by atoms with E-state index in [0.29, 0.717) is 41.3 Å². The highest BCUT2D eigenvalue weighted by Crippen LogP contribution is 2.54. The minimum Gasteiger partial charge on any atom is -0.474 e. The zero-order valence-corrected chi connectivity index (χ0v) is 23.7. The third kappa shape index (κ3) is 4.57. The molecule has 2 atom stereocenters. The SMILES string of the molecule is COCC(C)(N)c1cnc(O[C@H]2C[C@@H](S(C)(=O)=O)C2)c2cnc(Nc3ccc4c(n3)C3(CC3)[C@@H](C)OC4=O)cc12. The zero-order valence-electron chi connectivity index (χ0n) is 22.9. The van der Waals surface area contributed by atoms with Crippen molar-refractivity contribution in [3.8, 4) is 5.88 Å². The number of nitrogens with zero attached hydrogens (tertiary/aromatic N) is 3. The smallest absolute Gasteiger partial charge is 0.340 e. The molecule has 3 aromatic rings. The number of nitrogens with one attached hydrogen (secondary N) is 1. The summed E-state index contributed by atoms with van der Waals surface area (Å²) in [5.41, 5.74) is 7.59. The first kappa shape index (κ1) is 26.9. The van der Waals surface area contributed by atoms with Gasteiger partial charge in [0, 0.05) is 44.2 Å². The van der Waals surface area contributed by atoms with Crippen LogP contribution in [0.4, 0.5) is 11.6 Å². The number of methoxy groups -OCH3 is 1. The summed E-state index contributed by atoms with van der Waals surface area (Å²) in [5, 5.41) is 4.32. The Bertz CT molecular complexity index is 1610. The Balaban J connectivity index is 1.34. The summed E-state index contributed by atoms with van der Waals surface area (Å²) in [7, 11) is -1.51. The number of carbonyl (C=O) groups excluding carboxylic acids is 1. The van der Waals surface area contributed by atoms with Crippen LogP contribution < -0.4 is 15.8 Å². The van der Waals surface area contributed by atoms with E-state index >= 15 is 0 Å². The number of hydrogen-bond donors (Lipinski definition) is 2. The van der Waals surface area contributed by atoms with E-state index in [1.54, 1.807) is 31.6 Å². The monoisotopic (exact) mass is 567 g/mol. The standard InChI is InChI=1S/C28H33N5O6S/c1-15-28(7-8-28)24-18(26(34)38-15)5-6-22(33-24)32-23-11-19-20(12-30-23)25(31-13-21(19)27(2,29)14-37-3)39-16-9-17(10-16)40(4,35)36/h5-6,11-13,15-17H,7-10,14,29H2,1-4H3,(H,30,32,33)/t15-,16-,17+,27?/m1/s1. The van der Waals surface area contributed by atoms with Crippen molar-refractivity contribution in [1.29, 1.82) is 0 Å². The van der Waals surface area contributed by atoms with Gasteiger partial charge in [-0.1, -0.05) is 0 Å². The number of sulfone groups is 1. The minimum absolute atomic E-state index is 0.214. The molecule has 0 bridgehead atoms. The lowest BCUT2D eigenvalue weighted by molar-refractivity contribution is 0.0183. The number of rotatable bonds is 8. The van der Waals surface area contributed by atoms with Gasteiger partial charge in [-0.2, -0.15) is 0 Å². The minimum atomic E-state index is -3.10. The third-order valence-electron chi connectivity index (χ3n) is 8.42. The maximum Gasteiger partial charge on any atom is 0.340 e. The quantitative estimate of drug-likeness (QED) is 0.386. The van der Waals surface area contributed by atoms with E-state index in [1.807, 2.05) is 19.9 Å². The average Bonchev–Trinajstić information content (AvgIpc) is 3.66. The second-order valence-electron chi connectivity index (χ2n) is 11.5. The van der Waals surface area contributed by atoms with Crippen molar-refractivity contribution in [1.82, 2.24) is 15.0 Å². The largest absolute Gasteiger partial charge is 0.474 e. The maximum absolute atomic E-state index is 12.4. The normalized spacial score (nSPS) is 24.5. The van der Waals surface area contributed by atoms with E-state index in [-0.39, 0.29) is 30.2 Å². The van der Waals surface area contributed by atoms with Crippen molar-refractivity contribution in [2.75, 3.05) is 25.3 Å². The molecule has 12 heteroatoms. The van der Waals surface area contributed by atoms with Gasteiger partial charge in [0.15, 0.2) is 9.84 Å². The van der Waals surface area contributed by atoms with E-state index in [9.17, 15) is 13.2 Å². The number of esters is 1. The van der Waals surface area contributed by atoms with Crippen molar-refractivity contribution in [3.63, 3.8) is 0 Å². The molecule has 3 aromatic heterocycles. The maximum atomic E-state index is 12.4. The van der Waals surface area contributed by atoms with Crippen LogP contribution in [0.25, 0.3) is 10.8 Å². The molecule has 0 saturated heterocycles. The number of ether oxygens (including phenoxy) is 3. The van der Waals surface area contributed by atoms with Crippen LogP contribution in [-0.2, 0) is 30.3 Å². The number of fused-ring (bicyclic) bond motifs is 3. The molecule has 1 unspecified atom stereocenters. The Kier molecular flexibility index (Phi) is 6.28. The molecule has 0 aromatic carbocycles. The number of pyridine rings is 3. The van der Waals surface area contributed by atoms with Gasteiger partial charge in [-0.3, -0.25) is 0 Å². The van der Waals surface area contributed by atoms with Gasteiger partial charge in [0.1, 0.15) is 23.8 Å². The summed E-state index contributed by atoms with van der Waals surface area (Å²) in [6.45, 7) is 4.05. The first-order valence-corrected chi connectivity index (χ1v) is 15.3. The first-order chi connectivity index (χ1) is 18.9. The fourth-order valence-corrected chi connectivity index (χ4v) is 6.87. The number of cyclic esters (lactones) is 1. The zero-order chi connectivity index (χ0) is 28.4. The highest BCUT2D eigenvalue weighted by molar-refractivity contribution is 7.91. The molecule has 2 fully saturated rings. The number of aromatic nitrogens is 3. The fraction of sp³-hybridized carbons (Fsp3) is 0.500. The van der Waals surface area contributed by atoms with Crippen LogP contribution in [-0.4, -0.2) is 66.8 Å². The summed E-state index contributed by atoms with van der Waals surface area (Å²) < 4.78 is 40.7. The molecule has 0 radical (unpaired) electrons. The molecular formula is C28H33N5O6S. The van der Waals surface area contributed by atoms with Gasteiger partial charge in [-0.05, 0) is 50.3 Å². The van der Waals surface area contributed by atoms with Crippen molar-refractivity contribution >= 4 is 38.2 Å². The molecule has 0 amide bonds. The molecule has 4 heterocycles. The Hall–Kier alpha value is -3.35. The molecule has 40 heavy (non-hydrogen) atoms. The molecule has 3 N–H and O–H groups in total. The van der Waals surface area contributed by atoms with Gasteiger partial charge in [-0.25, -0.2) is 28.2 Å². The molecular weight excluding hydrogens is 534 g/mol. The summed E-state index contributed by atoms with van der Waals surface area (Å²) in [5.74, 6) is 1.13. The van der Waals surface area contributed by atoms with Gasteiger partial charge in [0.25, 0.3) is 0 Å². The van der Waals surface area contributed by atoms with E-state index < -0.39 is 20.6 Å². The molecule has 1 spiro atoms. The molecule has 3 aliphatic rings. The Labute approximate surface area is 232 Å². The third-order valence-corrected chi connectivity index (χ3v) is 10.0. The molecule has 11 nitrogen and oxygen atoms in total. The van der Waals surface area contributed by atoms with E-state index in [0.717, 1.165) is 29.5 Å². The predicted molar refractivity (Wildman–Crippen MR) is 149 cm³/mol. The summed E-state index contributed by atoms with van der Waals surface area (Å²) in [6.07, 6.45) is 6.84. The first-order valence-electron chi connectivity index (χ1n) is 13.3. The van der Waals surface area contributed by atoms with Gasteiger partial charge in [-0.15, -0.1) is 0 Å². The van der Waals surface area contributed by atoms with Crippen LogP contribution in [0.2, 0.25) is 0 Å². The van der Waals surface area contributed by atoms with Crippen molar-refractivity contribution < 1.29 is 27.4 Å². The van der Waals surface area contributed by atoms with Crippen LogP contribution in [0, 0.1) is 0 Å². The lowest BCUT2D eigenvalue weighted by atomic mass is 9.89. The van der Waals surface area contributed by atoms with Crippen LogP contribution in [0.5, 0.6) is 5.88 Å². The van der Waals surface area contributed by atoms with Crippen LogP contribution in [0.1, 0.15) is 61.1 Å². The van der Waals surface area contributed by atoms with Crippen molar-refractivity contribution in [2.24, 2.45) is 5.73 Å². The number of anilines is 2. The van der Waals surface area contributed by atoms with Crippen LogP contribution >= 0.6 is 0 Å². The molecule has 2 aliphatic carbocycles. The number of carbonyl (C=O) groups is 1. The van der Waals surface area contributed by atoms with Gasteiger partial charge < -0.3 is 25.3 Å².